The van der Waals surface area contributed by atoms with Crippen LogP contribution in [0.1, 0.15) is 16.8 Å². The summed E-state index contributed by atoms with van der Waals surface area (Å²) in [7, 11) is 0. The van der Waals surface area contributed by atoms with Gasteiger partial charge in [-0.1, -0.05) is 30.3 Å². The molecule has 8 heteroatoms. The van der Waals surface area contributed by atoms with Gasteiger partial charge in [0.05, 0.1) is 5.56 Å². The van der Waals surface area contributed by atoms with E-state index in [1.807, 2.05) is 6.07 Å². The fraction of sp³-hybridized carbons (Fsp3) is 0.158. The fourth-order valence-corrected chi connectivity index (χ4v) is 2.22. The highest BCUT2D eigenvalue weighted by molar-refractivity contribution is 5.64. The third-order valence-corrected chi connectivity index (χ3v) is 3.59. The molecule has 0 spiro atoms. The van der Waals surface area contributed by atoms with Crippen molar-refractivity contribution in [3.05, 3.63) is 71.4 Å². The van der Waals surface area contributed by atoms with Crippen molar-refractivity contribution in [1.29, 1.82) is 0 Å². The van der Waals surface area contributed by atoms with Crippen LogP contribution in [0.4, 0.5) is 18.0 Å². The van der Waals surface area contributed by atoms with E-state index in [1.165, 1.54) is 19.1 Å². The molecule has 0 bridgehead atoms. The SMILES string of the molecule is Cc1nc(-c2ccc(C(F)(F)F)cc2)oc1OC(=O)OCc1ccccc1. The van der Waals surface area contributed by atoms with Crippen LogP contribution in [0.5, 0.6) is 5.95 Å². The first kappa shape index (κ1) is 18.5. The summed E-state index contributed by atoms with van der Waals surface area (Å²) in [5, 5.41) is 0. The number of oxazole rings is 1. The van der Waals surface area contributed by atoms with Gasteiger partial charge in [0.2, 0.25) is 5.89 Å². The molecular formula is C19H14F3NO4. The second-order valence-corrected chi connectivity index (χ2v) is 5.59. The Labute approximate surface area is 152 Å². The number of benzene rings is 2. The Hall–Kier alpha value is -3.29. The number of aromatic nitrogens is 1. The number of aryl methyl sites for hydroxylation is 1. The Kier molecular flexibility index (Phi) is 5.16. The molecule has 0 fully saturated rings. The third-order valence-electron chi connectivity index (χ3n) is 3.59. The molecule has 27 heavy (non-hydrogen) atoms. The number of carbonyl (C=O) groups is 1. The summed E-state index contributed by atoms with van der Waals surface area (Å²) in [6.07, 6.45) is -5.40. The van der Waals surface area contributed by atoms with Gasteiger partial charge in [-0.05, 0) is 36.8 Å². The first-order valence-corrected chi connectivity index (χ1v) is 7.86. The molecule has 0 atom stereocenters. The van der Waals surface area contributed by atoms with Gasteiger partial charge in [0.15, 0.2) is 0 Å². The normalized spacial score (nSPS) is 11.3. The van der Waals surface area contributed by atoms with Gasteiger partial charge in [-0.15, -0.1) is 0 Å². The Morgan fingerprint density at radius 2 is 1.74 bits per heavy atom. The number of carbonyl (C=O) groups excluding carboxylic acids is 1. The minimum Gasteiger partial charge on any atom is -0.429 e. The largest absolute Gasteiger partial charge is 0.516 e. The molecule has 140 valence electrons. The summed E-state index contributed by atoms with van der Waals surface area (Å²) in [6.45, 7) is 1.56. The standard InChI is InChI=1S/C19H14F3NO4/c1-12-17(27-18(24)25-11-13-5-3-2-4-6-13)26-16(23-12)14-7-9-15(10-8-14)19(20,21)22/h2-10H,11H2,1H3. The third kappa shape index (κ3) is 4.66. The number of ether oxygens (including phenoxy) is 2. The molecule has 5 nitrogen and oxygen atoms in total. The maximum atomic E-state index is 12.6. The molecule has 2 aromatic carbocycles. The molecule has 1 aromatic heterocycles. The summed E-state index contributed by atoms with van der Waals surface area (Å²) in [5.74, 6) is -0.143. The molecule has 0 amide bonds. The van der Waals surface area contributed by atoms with Crippen molar-refractivity contribution < 1.29 is 31.9 Å². The summed E-state index contributed by atoms with van der Waals surface area (Å²) >= 11 is 0. The number of alkyl halides is 3. The Morgan fingerprint density at radius 1 is 1.07 bits per heavy atom. The molecule has 0 aliphatic heterocycles. The summed E-state index contributed by atoms with van der Waals surface area (Å²) in [6, 6.07) is 13.3. The monoisotopic (exact) mass is 377 g/mol. The van der Waals surface area contributed by atoms with Crippen LogP contribution in [0, 0.1) is 6.92 Å². The average Bonchev–Trinajstić information content (AvgIpc) is 3.01. The van der Waals surface area contributed by atoms with Gasteiger partial charge in [-0.2, -0.15) is 13.2 Å². The Balaban J connectivity index is 1.66. The first-order valence-electron chi connectivity index (χ1n) is 7.86. The second-order valence-electron chi connectivity index (χ2n) is 5.59. The quantitative estimate of drug-likeness (QED) is 0.571. The molecule has 0 saturated carbocycles. The lowest BCUT2D eigenvalue weighted by Crippen LogP contribution is -2.10. The molecule has 0 aliphatic rings. The van der Waals surface area contributed by atoms with Crippen molar-refractivity contribution in [1.82, 2.24) is 4.98 Å². The van der Waals surface area contributed by atoms with Crippen LogP contribution >= 0.6 is 0 Å². The Morgan fingerprint density at radius 3 is 2.37 bits per heavy atom. The molecule has 0 saturated heterocycles. The van der Waals surface area contributed by atoms with Gasteiger partial charge in [0, 0.05) is 5.56 Å². The number of rotatable bonds is 4. The second kappa shape index (κ2) is 7.53. The highest BCUT2D eigenvalue weighted by Gasteiger charge is 2.30. The van der Waals surface area contributed by atoms with Gasteiger partial charge >= 0.3 is 18.3 Å². The molecule has 0 radical (unpaired) electrons. The fourth-order valence-electron chi connectivity index (χ4n) is 2.22. The minimum absolute atomic E-state index is 0.0264. The molecule has 0 unspecified atom stereocenters. The maximum Gasteiger partial charge on any atom is 0.516 e. The van der Waals surface area contributed by atoms with E-state index in [0.29, 0.717) is 5.56 Å². The van der Waals surface area contributed by atoms with Crippen molar-refractivity contribution in [2.45, 2.75) is 19.7 Å². The van der Waals surface area contributed by atoms with Gasteiger partial charge in [-0.3, -0.25) is 0 Å². The van der Waals surface area contributed by atoms with Gasteiger partial charge < -0.3 is 13.9 Å². The maximum absolute atomic E-state index is 12.6. The smallest absolute Gasteiger partial charge is 0.429 e. The molecular weight excluding hydrogens is 363 g/mol. The lowest BCUT2D eigenvalue weighted by Gasteiger charge is -2.06. The van der Waals surface area contributed by atoms with E-state index in [4.69, 9.17) is 13.9 Å². The number of hydrogen-bond acceptors (Lipinski definition) is 5. The van der Waals surface area contributed by atoms with Crippen molar-refractivity contribution in [3.8, 4) is 17.4 Å². The highest BCUT2D eigenvalue weighted by Crippen LogP contribution is 2.32. The van der Waals surface area contributed by atoms with E-state index in [0.717, 1.165) is 17.7 Å². The van der Waals surface area contributed by atoms with Crippen LogP contribution in [0.3, 0.4) is 0 Å². The van der Waals surface area contributed by atoms with Gasteiger partial charge in [0.25, 0.3) is 0 Å². The summed E-state index contributed by atoms with van der Waals surface area (Å²) < 4.78 is 53.1. The minimum atomic E-state index is -4.43. The lowest BCUT2D eigenvalue weighted by atomic mass is 10.1. The summed E-state index contributed by atoms with van der Waals surface area (Å²) in [5.41, 5.74) is 0.588. The van der Waals surface area contributed by atoms with Crippen LogP contribution in [-0.4, -0.2) is 11.1 Å². The molecule has 0 aliphatic carbocycles. The molecule has 3 rings (SSSR count). The number of nitrogens with zero attached hydrogens (tertiary/aromatic N) is 1. The van der Waals surface area contributed by atoms with Crippen molar-refractivity contribution in [2.75, 3.05) is 0 Å². The van der Waals surface area contributed by atoms with Crippen LogP contribution in [0.25, 0.3) is 11.5 Å². The van der Waals surface area contributed by atoms with E-state index >= 15 is 0 Å². The predicted octanol–water partition coefficient (Wildman–Crippen LogP) is 5.38. The van der Waals surface area contributed by atoms with Crippen LogP contribution in [-0.2, 0) is 17.5 Å². The van der Waals surface area contributed by atoms with Gasteiger partial charge in [0.1, 0.15) is 12.3 Å². The van der Waals surface area contributed by atoms with E-state index in [1.54, 1.807) is 24.3 Å². The van der Waals surface area contributed by atoms with E-state index in [9.17, 15) is 18.0 Å². The zero-order valence-corrected chi connectivity index (χ0v) is 14.1. The van der Waals surface area contributed by atoms with Crippen molar-refractivity contribution in [3.63, 3.8) is 0 Å². The van der Waals surface area contributed by atoms with Crippen molar-refractivity contribution in [2.24, 2.45) is 0 Å². The van der Waals surface area contributed by atoms with Crippen LogP contribution < -0.4 is 4.74 Å². The van der Waals surface area contributed by atoms with E-state index in [-0.39, 0.29) is 24.1 Å². The number of halogens is 3. The zero-order chi connectivity index (χ0) is 19.4. The van der Waals surface area contributed by atoms with Crippen LogP contribution in [0.2, 0.25) is 0 Å². The van der Waals surface area contributed by atoms with E-state index in [2.05, 4.69) is 4.98 Å². The number of hydrogen-bond donors (Lipinski definition) is 0. The average molecular weight is 377 g/mol. The molecule has 0 N–H and O–H groups in total. The van der Waals surface area contributed by atoms with Gasteiger partial charge in [-0.25, -0.2) is 9.78 Å². The summed E-state index contributed by atoms with van der Waals surface area (Å²) in [4.78, 5) is 15.8. The van der Waals surface area contributed by atoms with Crippen molar-refractivity contribution >= 4 is 6.16 Å². The first-order chi connectivity index (χ1) is 12.8. The zero-order valence-electron chi connectivity index (χ0n) is 14.1. The van der Waals surface area contributed by atoms with Crippen LogP contribution in [0.15, 0.2) is 59.0 Å². The predicted molar refractivity (Wildman–Crippen MR) is 88.9 cm³/mol. The molecule has 1 heterocycles. The topological polar surface area (TPSA) is 61.6 Å². The molecule has 3 aromatic rings. The Bertz CT molecular complexity index is 918. The van der Waals surface area contributed by atoms with E-state index < -0.39 is 17.9 Å². The lowest BCUT2D eigenvalue weighted by molar-refractivity contribution is -0.137. The highest BCUT2D eigenvalue weighted by atomic mass is 19.4.